The van der Waals surface area contributed by atoms with Crippen LogP contribution in [-0.4, -0.2) is 38.1 Å². The van der Waals surface area contributed by atoms with Crippen LogP contribution in [0.25, 0.3) is 0 Å². The van der Waals surface area contributed by atoms with E-state index in [9.17, 15) is 4.79 Å². The molecule has 0 bridgehead atoms. The number of likely N-dealkylation sites (tertiary alicyclic amines) is 1. The van der Waals surface area contributed by atoms with Gasteiger partial charge in [-0.25, -0.2) is 0 Å². The number of piperidine rings is 1. The van der Waals surface area contributed by atoms with Gasteiger partial charge in [-0.15, -0.1) is 0 Å². The Balaban J connectivity index is 1.72. The molecule has 5 heteroatoms. The molecule has 2 aromatic carbocycles. The van der Waals surface area contributed by atoms with Crippen molar-refractivity contribution in [2.24, 2.45) is 0 Å². The first-order chi connectivity index (χ1) is 12.7. The summed E-state index contributed by atoms with van der Waals surface area (Å²) in [6.07, 6.45) is 3.87. The van der Waals surface area contributed by atoms with Crippen molar-refractivity contribution in [2.75, 3.05) is 32.6 Å². The van der Waals surface area contributed by atoms with Gasteiger partial charge in [-0.2, -0.15) is 0 Å². The van der Waals surface area contributed by atoms with Gasteiger partial charge in [0.1, 0.15) is 0 Å². The second kappa shape index (κ2) is 8.72. The molecule has 0 radical (unpaired) electrons. The highest BCUT2D eigenvalue weighted by Crippen LogP contribution is 2.31. The molecule has 3 rings (SSSR count). The van der Waals surface area contributed by atoms with E-state index in [2.05, 4.69) is 16.3 Å². The van der Waals surface area contributed by atoms with Crippen molar-refractivity contribution >= 4 is 11.6 Å². The van der Waals surface area contributed by atoms with Crippen LogP contribution in [0, 0.1) is 0 Å². The smallest absolute Gasteiger partial charge is 0.259 e. The summed E-state index contributed by atoms with van der Waals surface area (Å²) >= 11 is 0. The maximum Gasteiger partial charge on any atom is 0.259 e. The standard InChI is InChI=1S/C21H26N2O3/c1-25-19-11-7-10-18(20(19)26-2)21(24)22-17-9-6-8-16(14-17)15-23-12-4-3-5-13-23/h6-11,14H,3-5,12-13,15H2,1-2H3,(H,22,24). The van der Waals surface area contributed by atoms with Gasteiger partial charge < -0.3 is 14.8 Å². The van der Waals surface area contributed by atoms with E-state index in [1.807, 2.05) is 18.2 Å². The minimum Gasteiger partial charge on any atom is -0.493 e. The number of benzene rings is 2. The number of amides is 1. The second-order valence-electron chi connectivity index (χ2n) is 6.53. The number of rotatable bonds is 6. The summed E-state index contributed by atoms with van der Waals surface area (Å²) in [5.74, 6) is 0.770. The van der Waals surface area contributed by atoms with E-state index < -0.39 is 0 Å². The number of anilines is 1. The highest BCUT2D eigenvalue weighted by molar-refractivity contribution is 6.06. The van der Waals surface area contributed by atoms with E-state index >= 15 is 0 Å². The summed E-state index contributed by atoms with van der Waals surface area (Å²) in [6, 6.07) is 13.3. The highest BCUT2D eigenvalue weighted by atomic mass is 16.5. The molecular formula is C21H26N2O3. The summed E-state index contributed by atoms with van der Waals surface area (Å²) in [4.78, 5) is 15.2. The second-order valence-corrected chi connectivity index (χ2v) is 6.53. The Hall–Kier alpha value is -2.53. The number of para-hydroxylation sites is 1. The molecule has 1 heterocycles. The molecule has 5 nitrogen and oxygen atoms in total. The number of hydrogen-bond acceptors (Lipinski definition) is 4. The molecule has 0 aromatic heterocycles. The van der Waals surface area contributed by atoms with Crippen LogP contribution in [0.4, 0.5) is 5.69 Å². The lowest BCUT2D eigenvalue weighted by molar-refractivity contribution is 0.102. The fourth-order valence-electron chi connectivity index (χ4n) is 3.39. The van der Waals surface area contributed by atoms with Crippen molar-refractivity contribution in [1.82, 2.24) is 4.90 Å². The van der Waals surface area contributed by atoms with Gasteiger partial charge in [0.2, 0.25) is 0 Å². The lowest BCUT2D eigenvalue weighted by Crippen LogP contribution is -2.29. The number of nitrogens with zero attached hydrogens (tertiary/aromatic N) is 1. The number of carbonyl (C=O) groups is 1. The SMILES string of the molecule is COc1cccc(C(=O)Nc2cccc(CN3CCCCC3)c2)c1OC. The van der Waals surface area contributed by atoms with E-state index in [0.29, 0.717) is 17.1 Å². The Morgan fingerprint density at radius 2 is 1.81 bits per heavy atom. The number of ether oxygens (including phenoxy) is 2. The Morgan fingerprint density at radius 1 is 1.04 bits per heavy atom. The molecule has 2 aromatic rings. The molecular weight excluding hydrogens is 328 g/mol. The Kier molecular flexibility index (Phi) is 6.12. The molecule has 1 N–H and O–H groups in total. The van der Waals surface area contributed by atoms with E-state index in [-0.39, 0.29) is 5.91 Å². The Labute approximate surface area is 154 Å². The molecule has 138 valence electrons. The van der Waals surface area contributed by atoms with Crippen LogP contribution in [0.15, 0.2) is 42.5 Å². The van der Waals surface area contributed by atoms with Gasteiger partial charge >= 0.3 is 0 Å². The molecule has 0 unspecified atom stereocenters. The van der Waals surface area contributed by atoms with Gasteiger partial charge in [-0.3, -0.25) is 9.69 Å². The zero-order valence-corrected chi connectivity index (χ0v) is 15.5. The number of methoxy groups -OCH3 is 2. The van der Waals surface area contributed by atoms with Gasteiger partial charge in [0.15, 0.2) is 11.5 Å². The molecule has 0 atom stereocenters. The van der Waals surface area contributed by atoms with Crippen molar-refractivity contribution < 1.29 is 14.3 Å². The Bertz CT molecular complexity index is 755. The molecule has 1 aliphatic heterocycles. The average molecular weight is 354 g/mol. The number of hydrogen-bond donors (Lipinski definition) is 1. The first-order valence-corrected chi connectivity index (χ1v) is 9.05. The fourth-order valence-corrected chi connectivity index (χ4v) is 3.39. The van der Waals surface area contributed by atoms with E-state index in [0.717, 1.165) is 25.3 Å². The lowest BCUT2D eigenvalue weighted by Gasteiger charge is -2.26. The van der Waals surface area contributed by atoms with Crippen LogP contribution in [0.3, 0.4) is 0 Å². The summed E-state index contributed by atoms with van der Waals surface area (Å²) < 4.78 is 10.6. The normalized spacial score (nSPS) is 14.7. The maximum absolute atomic E-state index is 12.7. The van der Waals surface area contributed by atoms with Crippen LogP contribution in [0.2, 0.25) is 0 Å². The van der Waals surface area contributed by atoms with Crippen LogP contribution in [-0.2, 0) is 6.54 Å². The predicted octanol–water partition coefficient (Wildman–Crippen LogP) is 3.94. The lowest BCUT2D eigenvalue weighted by atomic mass is 10.1. The van der Waals surface area contributed by atoms with Gasteiger partial charge in [-0.1, -0.05) is 24.6 Å². The number of carbonyl (C=O) groups excluding carboxylic acids is 1. The van der Waals surface area contributed by atoms with Crippen LogP contribution < -0.4 is 14.8 Å². The molecule has 0 spiro atoms. The van der Waals surface area contributed by atoms with Crippen molar-refractivity contribution in [1.29, 1.82) is 0 Å². The van der Waals surface area contributed by atoms with Crippen LogP contribution >= 0.6 is 0 Å². The van der Waals surface area contributed by atoms with Crippen LogP contribution in [0.1, 0.15) is 35.2 Å². The zero-order valence-electron chi connectivity index (χ0n) is 15.5. The molecule has 1 amide bonds. The first kappa shape index (κ1) is 18.3. The minimum atomic E-state index is -0.212. The molecule has 0 saturated carbocycles. The molecule has 26 heavy (non-hydrogen) atoms. The quantitative estimate of drug-likeness (QED) is 0.854. The molecule has 1 fully saturated rings. The van der Waals surface area contributed by atoms with E-state index in [1.54, 1.807) is 25.3 Å². The fraction of sp³-hybridized carbons (Fsp3) is 0.381. The topological polar surface area (TPSA) is 50.8 Å². The summed E-state index contributed by atoms with van der Waals surface area (Å²) in [5, 5.41) is 2.97. The van der Waals surface area contributed by atoms with Gasteiger partial charge in [0.05, 0.1) is 19.8 Å². The van der Waals surface area contributed by atoms with Crippen LogP contribution in [0.5, 0.6) is 11.5 Å². The molecule has 1 aliphatic rings. The van der Waals surface area contributed by atoms with Crippen molar-refractivity contribution in [3.05, 3.63) is 53.6 Å². The molecule has 0 aliphatic carbocycles. The third-order valence-corrected chi connectivity index (χ3v) is 4.69. The van der Waals surface area contributed by atoms with Crippen molar-refractivity contribution in [3.63, 3.8) is 0 Å². The summed E-state index contributed by atoms with van der Waals surface area (Å²) in [7, 11) is 3.09. The largest absolute Gasteiger partial charge is 0.493 e. The maximum atomic E-state index is 12.7. The van der Waals surface area contributed by atoms with E-state index in [1.165, 1.54) is 31.9 Å². The van der Waals surface area contributed by atoms with Crippen molar-refractivity contribution in [3.8, 4) is 11.5 Å². The highest BCUT2D eigenvalue weighted by Gasteiger charge is 2.17. The van der Waals surface area contributed by atoms with E-state index in [4.69, 9.17) is 9.47 Å². The first-order valence-electron chi connectivity index (χ1n) is 9.05. The molecule has 1 saturated heterocycles. The van der Waals surface area contributed by atoms with Gasteiger partial charge in [-0.05, 0) is 55.8 Å². The number of nitrogens with one attached hydrogen (secondary N) is 1. The van der Waals surface area contributed by atoms with Gasteiger partial charge in [0.25, 0.3) is 5.91 Å². The zero-order chi connectivity index (χ0) is 18.4. The third-order valence-electron chi connectivity index (χ3n) is 4.69. The third kappa shape index (κ3) is 4.35. The monoisotopic (exact) mass is 354 g/mol. The Morgan fingerprint density at radius 3 is 2.54 bits per heavy atom. The minimum absolute atomic E-state index is 0.212. The van der Waals surface area contributed by atoms with Gasteiger partial charge in [0, 0.05) is 12.2 Å². The average Bonchev–Trinajstić information content (AvgIpc) is 2.68. The summed E-state index contributed by atoms with van der Waals surface area (Å²) in [5.41, 5.74) is 2.45. The van der Waals surface area contributed by atoms with Crippen molar-refractivity contribution in [2.45, 2.75) is 25.8 Å². The summed E-state index contributed by atoms with van der Waals surface area (Å²) in [6.45, 7) is 3.22. The predicted molar refractivity (Wildman–Crippen MR) is 103 cm³/mol.